The van der Waals surface area contributed by atoms with Crippen molar-refractivity contribution >= 4 is 0 Å². The van der Waals surface area contributed by atoms with E-state index >= 15 is 0 Å². The first-order chi connectivity index (χ1) is 6.22. The van der Waals surface area contributed by atoms with Crippen molar-refractivity contribution in [1.82, 2.24) is 10.5 Å². The summed E-state index contributed by atoms with van der Waals surface area (Å²) >= 11 is 0. The molecule has 0 fully saturated rings. The van der Waals surface area contributed by atoms with Gasteiger partial charge in [-0.3, -0.25) is 0 Å². The Labute approximate surface area is 76.4 Å². The highest BCUT2D eigenvalue weighted by atomic mass is 16.5. The second-order valence-electron chi connectivity index (χ2n) is 2.90. The lowest BCUT2D eigenvalue weighted by molar-refractivity contribution is 0.0936. The van der Waals surface area contributed by atoms with Gasteiger partial charge in [0.2, 0.25) is 0 Å². The largest absolute Gasteiger partial charge is 0.394 e. The van der Waals surface area contributed by atoms with Crippen LogP contribution in [0.4, 0.5) is 0 Å². The van der Waals surface area contributed by atoms with Crippen LogP contribution < -0.4 is 5.32 Å². The molecule has 0 saturated heterocycles. The summed E-state index contributed by atoms with van der Waals surface area (Å²) in [6.07, 6.45) is -0.719. The molecular formula is C8H14N2O3. The first-order valence-electron chi connectivity index (χ1n) is 4.14. The van der Waals surface area contributed by atoms with E-state index in [4.69, 9.17) is 14.7 Å². The van der Waals surface area contributed by atoms with Crippen molar-refractivity contribution in [3.8, 4) is 0 Å². The van der Waals surface area contributed by atoms with Gasteiger partial charge >= 0.3 is 0 Å². The molecule has 1 aromatic heterocycles. The van der Waals surface area contributed by atoms with E-state index in [9.17, 15) is 0 Å². The fourth-order valence-corrected chi connectivity index (χ4v) is 0.926. The smallest absolute Gasteiger partial charge is 0.150 e. The molecule has 3 N–H and O–H groups in total. The Hall–Kier alpha value is -0.910. The lowest BCUT2D eigenvalue weighted by Crippen LogP contribution is -2.28. The van der Waals surface area contributed by atoms with Crippen molar-refractivity contribution in [2.24, 2.45) is 0 Å². The Bertz CT molecular complexity index is 249. The standard InChI is InChI=1S/C8H14N2O3/c1-6-2-8(13-10-6)4-9-3-7(12)5-11/h2,7,9,11-12H,3-5H2,1H3/t7-/m0/s1. The molecule has 1 rings (SSSR count). The van der Waals surface area contributed by atoms with Crippen LogP contribution in [0.3, 0.4) is 0 Å². The van der Waals surface area contributed by atoms with E-state index < -0.39 is 6.10 Å². The Balaban J connectivity index is 2.20. The van der Waals surface area contributed by atoms with Crippen LogP contribution in [0.25, 0.3) is 0 Å². The van der Waals surface area contributed by atoms with Gasteiger partial charge in [0, 0.05) is 12.6 Å². The summed E-state index contributed by atoms with van der Waals surface area (Å²) < 4.78 is 4.92. The third kappa shape index (κ3) is 3.54. The Morgan fingerprint density at radius 2 is 2.46 bits per heavy atom. The van der Waals surface area contributed by atoms with Crippen LogP contribution in [-0.2, 0) is 6.54 Å². The van der Waals surface area contributed by atoms with Crippen LogP contribution in [-0.4, -0.2) is 34.6 Å². The number of nitrogens with one attached hydrogen (secondary N) is 1. The molecule has 5 nitrogen and oxygen atoms in total. The second kappa shape index (κ2) is 4.96. The van der Waals surface area contributed by atoms with Gasteiger partial charge in [0.15, 0.2) is 5.76 Å². The number of hydrogen-bond donors (Lipinski definition) is 3. The summed E-state index contributed by atoms with van der Waals surface area (Å²) in [7, 11) is 0. The average Bonchev–Trinajstić information content (AvgIpc) is 2.51. The SMILES string of the molecule is Cc1cc(CNC[C@H](O)CO)on1. The van der Waals surface area contributed by atoms with E-state index in [-0.39, 0.29) is 6.61 Å². The molecule has 0 spiro atoms. The minimum absolute atomic E-state index is 0.234. The predicted molar refractivity (Wildman–Crippen MR) is 46.0 cm³/mol. The van der Waals surface area contributed by atoms with Crippen molar-refractivity contribution in [2.75, 3.05) is 13.2 Å². The Kier molecular flexibility index (Phi) is 3.88. The number of aliphatic hydroxyl groups is 2. The number of aromatic nitrogens is 1. The van der Waals surface area contributed by atoms with E-state index in [0.717, 1.165) is 11.5 Å². The summed E-state index contributed by atoms with van der Waals surface area (Å²) in [5.41, 5.74) is 0.833. The van der Waals surface area contributed by atoms with Crippen LogP contribution in [0.2, 0.25) is 0 Å². The van der Waals surface area contributed by atoms with Crippen molar-refractivity contribution in [1.29, 1.82) is 0 Å². The number of aliphatic hydroxyl groups excluding tert-OH is 2. The van der Waals surface area contributed by atoms with Gasteiger partial charge < -0.3 is 20.1 Å². The highest BCUT2D eigenvalue weighted by Gasteiger charge is 2.03. The number of aryl methyl sites for hydroxylation is 1. The molecule has 0 bridgehead atoms. The lowest BCUT2D eigenvalue weighted by Gasteiger charge is -2.06. The molecule has 5 heteroatoms. The van der Waals surface area contributed by atoms with Crippen LogP contribution in [0, 0.1) is 6.92 Å². The highest BCUT2D eigenvalue weighted by Crippen LogP contribution is 2.00. The van der Waals surface area contributed by atoms with Crippen LogP contribution in [0.15, 0.2) is 10.6 Å². The van der Waals surface area contributed by atoms with Gasteiger partial charge in [-0.15, -0.1) is 0 Å². The summed E-state index contributed by atoms with van der Waals surface area (Å²) in [5, 5.41) is 24.1. The molecule has 0 saturated carbocycles. The lowest BCUT2D eigenvalue weighted by atomic mass is 10.3. The monoisotopic (exact) mass is 186 g/mol. The van der Waals surface area contributed by atoms with Gasteiger partial charge in [0.05, 0.1) is 24.9 Å². The molecule has 0 radical (unpaired) electrons. The van der Waals surface area contributed by atoms with Crippen LogP contribution in [0.5, 0.6) is 0 Å². The minimum Gasteiger partial charge on any atom is -0.394 e. The number of rotatable bonds is 5. The molecule has 0 aliphatic carbocycles. The third-order valence-electron chi connectivity index (χ3n) is 1.57. The van der Waals surface area contributed by atoms with Gasteiger partial charge in [-0.25, -0.2) is 0 Å². The van der Waals surface area contributed by atoms with Crippen molar-refractivity contribution < 1.29 is 14.7 Å². The van der Waals surface area contributed by atoms with Gasteiger partial charge in [-0.1, -0.05) is 5.16 Å². The third-order valence-corrected chi connectivity index (χ3v) is 1.57. The molecule has 0 unspecified atom stereocenters. The fourth-order valence-electron chi connectivity index (χ4n) is 0.926. The minimum atomic E-state index is -0.719. The molecule has 74 valence electrons. The molecule has 0 aliphatic heterocycles. The van der Waals surface area contributed by atoms with Crippen molar-refractivity contribution in [2.45, 2.75) is 19.6 Å². The maximum absolute atomic E-state index is 8.98. The van der Waals surface area contributed by atoms with Gasteiger partial charge in [0.1, 0.15) is 0 Å². The summed E-state index contributed by atoms with van der Waals surface area (Å²) in [6.45, 7) is 2.46. The van der Waals surface area contributed by atoms with Gasteiger partial charge in [-0.2, -0.15) is 0 Å². The Morgan fingerprint density at radius 1 is 1.69 bits per heavy atom. The maximum Gasteiger partial charge on any atom is 0.150 e. The zero-order chi connectivity index (χ0) is 9.68. The first kappa shape index (κ1) is 10.2. The van der Waals surface area contributed by atoms with Crippen LogP contribution >= 0.6 is 0 Å². The first-order valence-corrected chi connectivity index (χ1v) is 4.14. The second-order valence-corrected chi connectivity index (χ2v) is 2.90. The summed E-state index contributed by atoms with van der Waals surface area (Å²) in [4.78, 5) is 0. The number of hydrogen-bond acceptors (Lipinski definition) is 5. The van der Waals surface area contributed by atoms with Gasteiger partial charge in [-0.05, 0) is 6.92 Å². The molecule has 0 aliphatic rings. The molecule has 0 aromatic carbocycles. The maximum atomic E-state index is 8.98. The molecule has 13 heavy (non-hydrogen) atoms. The predicted octanol–water partition coefficient (Wildman–Crippen LogP) is -0.574. The summed E-state index contributed by atoms with van der Waals surface area (Å²) in [5.74, 6) is 0.725. The molecule has 0 amide bonds. The summed E-state index contributed by atoms with van der Waals surface area (Å²) in [6, 6.07) is 1.82. The number of nitrogens with zero attached hydrogens (tertiary/aromatic N) is 1. The molecule has 1 heterocycles. The quantitative estimate of drug-likeness (QED) is 0.573. The Morgan fingerprint density at radius 3 is 3.00 bits per heavy atom. The zero-order valence-electron chi connectivity index (χ0n) is 7.53. The zero-order valence-corrected chi connectivity index (χ0v) is 7.53. The average molecular weight is 186 g/mol. The topological polar surface area (TPSA) is 78.5 Å². The van der Waals surface area contributed by atoms with Crippen LogP contribution in [0.1, 0.15) is 11.5 Å². The van der Waals surface area contributed by atoms with E-state index in [1.54, 1.807) is 0 Å². The highest BCUT2D eigenvalue weighted by molar-refractivity contribution is 5.02. The van der Waals surface area contributed by atoms with Gasteiger partial charge in [0.25, 0.3) is 0 Å². The molecule has 1 atom stereocenters. The van der Waals surface area contributed by atoms with E-state index in [2.05, 4.69) is 10.5 Å². The van der Waals surface area contributed by atoms with Crippen molar-refractivity contribution in [3.63, 3.8) is 0 Å². The van der Waals surface area contributed by atoms with E-state index in [1.165, 1.54) is 0 Å². The normalized spacial score (nSPS) is 13.2. The van der Waals surface area contributed by atoms with Crippen molar-refractivity contribution in [3.05, 3.63) is 17.5 Å². The molecule has 1 aromatic rings. The molecular weight excluding hydrogens is 172 g/mol. The van der Waals surface area contributed by atoms with E-state index in [0.29, 0.717) is 13.1 Å². The van der Waals surface area contributed by atoms with E-state index in [1.807, 2.05) is 13.0 Å². The fraction of sp³-hybridized carbons (Fsp3) is 0.625.